The van der Waals surface area contributed by atoms with Gasteiger partial charge in [-0.1, -0.05) is 30.1 Å². The zero-order chi connectivity index (χ0) is 13.4. The number of carbonyl (C=O) groups excluding carboxylic acids is 2. The molecule has 2 N–H and O–H groups in total. The second-order valence-corrected chi connectivity index (χ2v) is 5.40. The van der Waals surface area contributed by atoms with E-state index >= 15 is 0 Å². The van der Waals surface area contributed by atoms with Gasteiger partial charge < -0.3 is 10.2 Å². The number of carbonyl (C=O) groups is 2. The third-order valence-corrected chi connectivity index (χ3v) is 3.87. The Bertz CT molecular complexity index is 341. The van der Waals surface area contributed by atoms with Crippen molar-refractivity contribution < 1.29 is 9.59 Å². The first kappa shape index (κ1) is 15.0. The number of hydrogen-bond acceptors (Lipinski definition) is 4. The Morgan fingerprint density at radius 3 is 2.67 bits per heavy atom. The number of thioether (sulfide) groups is 1. The van der Waals surface area contributed by atoms with Crippen LogP contribution in [0.2, 0.25) is 0 Å². The van der Waals surface area contributed by atoms with E-state index in [9.17, 15) is 9.59 Å². The summed E-state index contributed by atoms with van der Waals surface area (Å²) in [5.74, 6) is -0.181. The van der Waals surface area contributed by atoms with Crippen molar-refractivity contribution in [1.82, 2.24) is 15.5 Å². The summed E-state index contributed by atoms with van der Waals surface area (Å²) in [5.41, 5.74) is 0. The van der Waals surface area contributed by atoms with Crippen molar-refractivity contribution in [2.45, 2.75) is 12.8 Å². The Morgan fingerprint density at radius 1 is 1.39 bits per heavy atom. The Hall–Kier alpha value is -1.08. The standard InChI is InChI=1S/C11H17N3O2S2/c1-2-5-12-10(16)13-9(15)8-18-11(17)14-6-3-4-7-14/h2H,1,3-8H2,(H2,12,13,15,16). The lowest BCUT2D eigenvalue weighted by molar-refractivity contribution is -0.117. The third-order valence-electron chi connectivity index (χ3n) is 2.35. The van der Waals surface area contributed by atoms with E-state index in [1.807, 2.05) is 0 Å². The van der Waals surface area contributed by atoms with Gasteiger partial charge in [-0.2, -0.15) is 0 Å². The number of urea groups is 1. The molecular formula is C11H17N3O2S2. The van der Waals surface area contributed by atoms with Crippen molar-refractivity contribution >= 4 is 40.2 Å². The average molecular weight is 287 g/mol. The number of rotatable bonds is 4. The summed E-state index contributed by atoms with van der Waals surface area (Å²) >= 11 is 6.50. The van der Waals surface area contributed by atoms with E-state index in [-0.39, 0.29) is 11.7 Å². The summed E-state index contributed by atoms with van der Waals surface area (Å²) in [4.78, 5) is 24.7. The van der Waals surface area contributed by atoms with Gasteiger partial charge in [0.2, 0.25) is 5.91 Å². The molecule has 0 unspecified atom stereocenters. The zero-order valence-corrected chi connectivity index (χ0v) is 11.7. The molecule has 7 heteroatoms. The first-order chi connectivity index (χ1) is 8.63. The molecule has 0 aromatic heterocycles. The summed E-state index contributed by atoms with van der Waals surface area (Å²) in [5, 5.41) is 4.69. The molecule has 1 fully saturated rings. The zero-order valence-electron chi connectivity index (χ0n) is 10.1. The summed E-state index contributed by atoms with van der Waals surface area (Å²) in [6.07, 6.45) is 3.84. The molecule has 0 aromatic carbocycles. The van der Waals surface area contributed by atoms with Gasteiger partial charge >= 0.3 is 6.03 Å². The van der Waals surface area contributed by atoms with Crippen molar-refractivity contribution in [1.29, 1.82) is 0 Å². The molecule has 0 atom stereocenters. The maximum atomic E-state index is 11.4. The first-order valence-electron chi connectivity index (χ1n) is 5.73. The Labute approximate surface area is 116 Å². The van der Waals surface area contributed by atoms with E-state index in [0.29, 0.717) is 6.54 Å². The quantitative estimate of drug-likeness (QED) is 0.599. The molecule has 1 heterocycles. The van der Waals surface area contributed by atoms with Crippen LogP contribution in [-0.4, -0.2) is 46.5 Å². The molecule has 0 saturated carbocycles. The number of amides is 3. The minimum atomic E-state index is -0.507. The Kier molecular flexibility index (Phi) is 6.74. The monoisotopic (exact) mass is 287 g/mol. The van der Waals surface area contributed by atoms with Gasteiger partial charge in [-0.3, -0.25) is 10.1 Å². The highest BCUT2D eigenvalue weighted by molar-refractivity contribution is 8.23. The van der Waals surface area contributed by atoms with Gasteiger partial charge in [0.15, 0.2) is 0 Å². The highest BCUT2D eigenvalue weighted by Crippen LogP contribution is 2.15. The van der Waals surface area contributed by atoms with E-state index in [0.717, 1.165) is 30.3 Å². The predicted octanol–water partition coefficient (Wildman–Crippen LogP) is 1.11. The molecular weight excluding hydrogens is 270 g/mol. The average Bonchev–Trinajstić information content (AvgIpc) is 2.87. The van der Waals surface area contributed by atoms with Crippen LogP contribution >= 0.6 is 24.0 Å². The fourth-order valence-corrected chi connectivity index (χ4v) is 2.54. The molecule has 0 aromatic rings. The van der Waals surface area contributed by atoms with Gasteiger partial charge in [0, 0.05) is 19.6 Å². The van der Waals surface area contributed by atoms with Crippen LogP contribution in [0.4, 0.5) is 4.79 Å². The van der Waals surface area contributed by atoms with Crippen LogP contribution in [0.25, 0.3) is 0 Å². The summed E-state index contributed by atoms with van der Waals surface area (Å²) < 4.78 is 0.731. The SMILES string of the molecule is C=CCNC(=O)NC(=O)CSC(=S)N1CCCC1. The lowest BCUT2D eigenvalue weighted by atomic mass is 10.4. The third kappa shape index (κ3) is 5.50. The molecule has 1 rings (SSSR count). The van der Waals surface area contributed by atoms with Crippen LogP contribution in [0, 0.1) is 0 Å². The molecule has 1 aliphatic heterocycles. The number of imide groups is 1. The maximum Gasteiger partial charge on any atom is 0.321 e. The van der Waals surface area contributed by atoms with Crippen molar-refractivity contribution in [3.8, 4) is 0 Å². The van der Waals surface area contributed by atoms with Gasteiger partial charge in [-0.15, -0.1) is 6.58 Å². The Morgan fingerprint density at radius 2 is 2.06 bits per heavy atom. The van der Waals surface area contributed by atoms with Crippen molar-refractivity contribution in [2.75, 3.05) is 25.4 Å². The highest BCUT2D eigenvalue weighted by Gasteiger charge is 2.16. The minimum Gasteiger partial charge on any atom is -0.358 e. The van der Waals surface area contributed by atoms with Crippen LogP contribution in [0.3, 0.4) is 0 Å². The Balaban J connectivity index is 2.17. The number of likely N-dealkylation sites (tertiary alicyclic amines) is 1. The largest absolute Gasteiger partial charge is 0.358 e. The van der Waals surface area contributed by atoms with Crippen molar-refractivity contribution in [2.24, 2.45) is 0 Å². The van der Waals surface area contributed by atoms with Crippen molar-refractivity contribution in [3.63, 3.8) is 0 Å². The van der Waals surface area contributed by atoms with Crippen LogP contribution in [0.15, 0.2) is 12.7 Å². The van der Waals surface area contributed by atoms with Gasteiger partial charge in [-0.25, -0.2) is 4.79 Å². The lowest BCUT2D eigenvalue weighted by Gasteiger charge is -2.17. The van der Waals surface area contributed by atoms with Gasteiger partial charge in [0.25, 0.3) is 0 Å². The summed E-state index contributed by atoms with van der Waals surface area (Å²) in [6.45, 7) is 5.72. The molecule has 5 nitrogen and oxygen atoms in total. The minimum absolute atomic E-state index is 0.164. The van der Waals surface area contributed by atoms with Gasteiger partial charge in [0.05, 0.1) is 5.75 Å². The fourth-order valence-electron chi connectivity index (χ4n) is 1.49. The molecule has 100 valence electrons. The van der Waals surface area contributed by atoms with Crippen LogP contribution in [-0.2, 0) is 4.79 Å². The number of thiocarbonyl (C=S) groups is 1. The second-order valence-electron chi connectivity index (χ2n) is 3.80. The highest BCUT2D eigenvalue weighted by atomic mass is 32.2. The summed E-state index contributed by atoms with van der Waals surface area (Å²) in [6, 6.07) is -0.507. The number of hydrogen-bond donors (Lipinski definition) is 2. The van der Waals surface area contributed by atoms with Gasteiger partial charge in [-0.05, 0) is 12.8 Å². The molecule has 0 bridgehead atoms. The van der Waals surface area contributed by atoms with E-state index in [2.05, 4.69) is 22.1 Å². The van der Waals surface area contributed by atoms with E-state index in [4.69, 9.17) is 12.2 Å². The molecule has 0 radical (unpaired) electrons. The van der Waals surface area contributed by atoms with Crippen LogP contribution in [0.5, 0.6) is 0 Å². The maximum absolute atomic E-state index is 11.4. The topological polar surface area (TPSA) is 61.4 Å². The smallest absolute Gasteiger partial charge is 0.321 e. The second kappa shape index (κ2) is 8.10. The normalized spacial score (nSPS) is 14.1. The predicted molar refractivity (Wildman–Crippen MR) is 77.6 cm³/mol. The van der Waals surface area contributed by atoms with Crippen LogP contribution in [0.1, 0.15) is 12.8 Å². The molecule has 3 amide bonds. The van der Waals surface area contributed by atoms with Crippen LogP contribution < -0.4 is 10.6 Å². The van der Waals surface area contributed by atoms with Gasteiger partial charge in [0.1, 0.15) is 4.32 Å². The summed E-state index contributed by atoms with van der Waals surface area (Å²) in [7, 11) is 0. The molecule has 18 heavy (non-hydrogen) atoms. The number of nitrogens with zero attached hydrogens (tertiary/aromatic N) is 1. The van der Waals surface area contributed by atoms with E-state index < -0.39 is 6.03 Å². The molecule has 0 aliphatic carbocycles. The van der Waals surface area contributed by atoms with E-state index in [1.165, 1.54) is 11.8 Å². The fraction of sp³-hybridized carbons (Fsp3) is 0.545. The molecule has 0 spiro atoms. The first-order valence-corrected chi connectivity index (χ1v) is 7.13. The number of nitrogens with one attached hydrogen (secondary N) is 2. The van der Waals surface area contributed by atoms with Crippen molar-refractivity contribution in [3.05, 3.63) is 12.7 Å². The van der Waals surface area contributed by atoms with E-state index in [1.54, 1.807) is 6.08 Å². The molecule has 1 aliphatic rings. The molecule has 1 saturated heterocycles. The lowest BCUT2D eigenvalue weighted by Crippen LogP contribution is -2.40.